The molecule has 0 atom stereocenters. The van der Waals surface area contributed by atoms with Gasteiger partial charge in [0.1, 0.15) is 0 Å². The summed E-state index contributed by atoms with van der Waals surface area (Å²) in [6.45, 7) is 8.97. The fourth-order valence-electron chi connectivity index (χ4n) is 1.90. The van der Waals surface area contributed by atoms with Gasteiger partial charge in [-0.15, -0.1) is 0 Å². The molecule has 0 bridgehead atoms. The first-order valence-electron chi connectivity index (χ1n) is 5.87. The van der Waals surface area contributed by atoms with Gasteiger partial charge < -0.3 is 0 Å². The molecule has 0 nitrogen and oxygen atoms in total. The maximum atomic E-state index is 2.31. The lowest BCUT2D eigenvalue weighted by atomic mass is 10.0. The molecule has 0 heterocycles. The largest absolute Gasteiger partial charge is 0.358 e. The average Bonchev–Trinajstić information content (AvgIpc) is 2.33. The van der Waals surface area contributed by atoms with Crippen molar-refractivity contribution in [3.63, 3.8) is 0 Å². The molecule has 2 rings (SSSR count). The van der Waals surface area contributed by atoms with E-state index in [1.165, 1.54) is 25.8 Å². The predicted octanol–water partition coefficient (Wildman–Crippen LogP) is 1.05. The molecule has 0 saturated carbocycles. The maximum absolute atomic E-state index is 2.31. The summed E-state index contributed by atoms with van der Waals surface area (Å²) in [5.41, 5.74) is 5.84. The molecule has 0 aromatic heterocycles. The Morgan fingerprint density at radius 2 is 1.29 bits per heavy atom. The van der Waals surface area contributed by atoms with Crippen LogP contribution in [-0.4, -0.2) is 0 Å². The molecule has 0 amide bonds. The normalized spacial score (nSPS) is 10.6. The van der Waals surface area contributed by atoms with Crippen LogP contribution in [0.5, 0.6) is 0 Å². The van der Waals surface area contributed by atoms with Crippen molar-refractivity contribution in [3.05, 3.63) is 65.8 Å². The molecule has 0 fully saturated rings. The van der Waals surface area contributed by atoms with E-state index in [1.807, 2.05) is 0 Å². The molecule has 0 saturated heterocycles. The predicted molar refractivity (Wildman–Crippen MR) is 69.2 cm³/mol. The third kappa shape index (κ3) is 2.71. The fourth-order valence-corrected chi connectivity index (χ4v) is 4.95. The first kappa shape index (κ1) is 12.6. The van der Waals surface area contributed by atoms with Gasteiger partial charge >= 0.3 is 21.2 Å². The number of hydrogen-bond acceptors (Lipinski definition) is 0. The summed E-state index contributed by atoms with van der Waals surface area (Å²) in [7, 11) is 0. The van der Waals surface area contributed by atoms with E-state index in [-0.39, 0.29) is 21.2 Å². The van der Waals surface area contributed by atoms with Gasteiger partial charge in [0.25, 0.3) is 0 Å². The van der Waals surface area contributed by atoms with Crippen molar-refractivity contribution in [1.29, 1.82) is 0 Å². The summed E-state index contributed by atoms with van der Waals surface area (Å²) < 4.78 is 3.11. The van der Waals surface area contributed by atoms with Gasteiger partial charge in [0, 0.05) is 11.1 Å². The zero-order valence-corrected chi connectivity index (χ0v) is 13.0. The molecule has 1 heteroatoms. The van der Waals surface area contributed by atoms with E-state index in [0.717, 1.165) is 0 Å². The Morgan fingerprint density at radius 1 is 0.765 bits per heavy atom. The average molecular weight is 337 g/mol. The molecule has 0 aliphatic rings. The van der Waals surface area contributed by atoms with Crippen molar-refractivity contribution in [1.82, 2.24) is 0 Å². The Kier molecular flexibility index (Phi) is 3.87. The van der Waals surface area contributed by atoms with E-state index >= 15 is 0 Å². The zero-order chi connectivity index (χ0) is 12.4. The standard InChI is InChI=1S/C16H18I/c1-11-10-12(2)14(4)16(13(11)3)17-15-8-6-5-7-9-15/h5-10H,1-4H3/q+1. The van der Waals surface area contributed by atoms with E-state index in [2.05, 4.69) is 64.1 Å². The van der Waals surface area contributed by atoms with E-state index < -0.39 is 0 Å². The van der Waals surface area contributed by atoms with Crippen molar-refractivity contribution in [2.75, 3.05) is 0 Å². The van der Waals surface area contributed by atoms with Crippen LogP contribution in [0.2, 0.25) is 0 Å². The van der Waals surface area contributed by atoms with Crippen LogP contribution in [0.4, 0.5) is 0 Å². The highest BCUT2D eigenvalue weighted by Crippen LogP contribution is 2.14. The smallest absolute Gasteiger partial charge is 0.0619 e. The molecule has 2 aromatic carbocycles. The molecule has 0 spiro atoms. The number of aryl methyl sites for hydroxylation is 2. The zero-order valence-electron chi connectivity index (χ0n) is 10.8. The Balaban J connectivity index is 2.46. The van der Waals surface area contributed by atoms with E-state index in [1.54, 1.807) is 3.57 Å². The van der Waals surface area contributed by atoms with Gasteiger partial charge in [0.2, 0.25) is 3.57 Å². The summed E-state index contributed by atoms with van der Waals surface area (Å²) >= 11 is -0.0483. The number of halogens is 1. The summed E-state index contributed by atoms with van der Waals surface area (Å²) in [5, 5.41) is 0. The van der Waals surface area contributed by atoms with Gasteiger partial charge in [0.15, 0.2) is 3.57 Å². The van der Waals surface area contributed by atoms with Gasteiger partial charge in [-0.25, -0.2) is 0 Å². The highest BCUT2D eigenvalue weighted by molar-refractivity contribution is 5.35. The van der Waals surface area contributed by atoms with Crippen molar-refractivity contribution >= 4 is 0 Å². The van der Waals surface area contributed by atoms with Crippen LogP contribution in [0.25, 0.3) is 0 Å². The monoisotopic (exact) mass is 337 g/mol. The topological polar surface area (TPSA) is 0 Å². The SMILES string of the molecule is Cc1cc(C)c(C)c([I+]c2ccccc2)c1C. The second kappa shape index (κ2) is 5.21. The molecule has 88 valence electrons. The Morgan fingerprint density at radius 3 is 1.82 bits per heavy atom. The van der Waals surface area contributed by atoms with Crippen molar-refractivity contribution in [2.24, 2.45) is 0 Å². The van der Waals surface area contributed by atoms with Crippen LogP contribution in [0.1, 0.15) is 22.3 Å². The van der Waals surface area contributed by atoms with E-state index in [4.69, 9.17) is 0 Å². The van der Waals surface area contributed by atoms with Crippen LogP contribution >= 0.6 is 0 Å². The van der Waals surface area contributed by atoms with Gasteiger partial charge in [-0.3, -0.25) is 0 Å². The summed E-state index contributed by atoms with van der Waals surface area (Å²) in [6.07, 6.45) is 0. The minimum Gasteiger partial charge on any atom is -0.0619 e. The lowest BCUT2D eigenvalue weighted by molar-refractivity contribution is -0.598. The van der Waals surface area contributed by atoms with Crippen molar-refractivity contribution < 1.29 is 21.2 Å². The maximum Gasteiger partial charge on any atom is 0.358 e. The lowest BCUT2D eigenvalue weighted by Gasteiger charge is -2.06. The molecule has 17 heavy (non-hydrogen) atoms. The van der Waals surface area contributed by atoms with Gasteiger partial charge in [-0.05, 0) is 51.0 Å². The molecule has 2 aromatic rings. The van der Waals surface area contributed by atoms with Crippen molar-refractivity contribution in [3.8, 4) is 0 Å². The van der Waals surface area contributed by atoms with Crippen LogP contribution in [0, 0.1) is 34.8 Å². The molecule has 0 N–H and O–H groups in total. The molecule has 0 radical (unpaired) electrons. The molecular weight excluding hydrogens is 319 g/mol. The minimum atomic E-state index is -0.0483. The highest BCUT2D eigenvalue weighted by Gasteiger charge is 2.22. The highest BCUT2D eigenvalue weighted by atomic mass is 127. The molecular formula is C16H18I+. The number of hydrogen-bond donors (Lipinski definition) is 0. The third-order valence-electron chi connectivity index (χ3n) is 3.21. The van der Waals surface area contributed by atoms with E-state index in [9.17, 15) is 0 Å². The van der Waals surface area contributed by atoms with E-state index in [0.29, 0.717) is 0 Å². The first-order valence-corrected chi connectivity index (χ1v) is 8.02. The third-order valence-corrected chi connectivity index (χ3v) is 6.71. The van der Waals surface area contributed by atoms with Gasteiger partial charge in [0.05, 0.1) is 0 Å². The van der Waals surface area contributed by atoms with Crippen LogP contribution in [0.3, 0.4) is 0 Å². The summed E-state index contributed by atoms with van der Waals surface area (Å²) in [4.78, 5) is 0. The molecule has 0 aliphatic carbocycles. The van der Waals surface area contributed by atoms with Crippen LogP contribution in [-0.2, 0) is 0 Å². The minimum absolute atomic E-state index is 0.0483. The van der Waals surface area contributed by atoms with Gasteiger partial charge in [-0.1, -0.05) is 24.3 Å². The number of benzene rings is 2. The second-order valence-corrected chi connectivity index (χ2v) is 7.33. The molecule has 0 aliphatic heterocycles. The molecule has 0 unspecified atom stereocenters. The van der Waals surface area contributed by atoms with Crippen molar-refractivity contribution in [2.45, 2.75) is 27.7 Å². The Labute approximate surface area is 114 Å². The quantitative estimate of drug-likeness (QED) is 0.719. The fraction of sp³-hybridized carbons (Fsp3) is 0.250. The first-order chi connectivity index (χ1) is 8.09. The summed E-state index contributed by atoms with van der Waals surface area (Å²) in [6, 6.07) is 13.2. The Bertz CT molecular complexity index is 501. The van der Waals surface area contributed by atoms with Crippen LogP contribution < -0.4 is 21.2 Å². The summed E-state index contributed by atoms with van der Waals surface area (Å²) in [5.74, 6) is 0. The lowest BCUT2D eigenvalue weighted by Crippen LogP contribution is -3.62. The second-order valence-electron chi connectivity index (χ2n) is 4.46. The van der Waals surface area contributed by atoms with Gasteiger partial charge in [-0.2, -0.15) is 0 Å². The number of rotatable bonds is 2. The van der Waals surface area contributed by atoms with Crippen LogP contribution in [0.15, 0.2) is 36.4 Å². The Hall–Kier alpha value is -0.830.